The molecule has 2 unspecified atom stereocenters. The SMILES string of the molecule is CC1=CN([C@H]2C[C@@H](O)[C@@H](COP(=O)([O-])OCCCOP(=O)([O-])OCCCCCCCCCCCC(=O)O)O2)C(=O)CC1=O. The Hall–Kier alpha value is -1.51. The van der Waals surface area contributed by atoms with E-state index in [9.17, 15) is 38.4 Å². The highest BCUT2D eigenvalue weighted by Crippen LogP contribution is 2.41. The molecule has 2 aliphatic heterocycles. The Morgan fingerprint density at radius 2 is 1.42 bits per heavy atom. The summed E-state index contributed by atoms with van der Waals surface area (Å²) >= 11 is 0. The monoisotopic (exact) mass is 655 g/mol. The standard InChI is InChI=1S/C26H45NO14P2/c1-20-18-27(24(30)16-21(20)28)25-17-22(29)23(41-25)19-40-43(35,36)39-15-11-14-38-42(33,34)37-13-10-8-6-4-2-3-5-7-9-12-26(31)32/h18,22-23,25,29H,2-17,19H2,1H3,(H,31,32)(H,33,34)(H,35,36)/p-2/t22-,23-,25-/m1/s1. The van der Waals surface area contributed by atoms with Crippen LogP contribution in [0.25, 0.3) is 0 Å². The number of phosphoric ester groups is 2. The molecule has 1 fully saturated rings. The number of aliphatic hydroxyl groups excluding tert-OH is 1. The van der Waals surface area contributed by atoms with Gasteiger partial charge in [-0.1, -0.05) is 44.9 Å². The van der Waals surface area contributed by atoms with Gasteiger partial charge in [0.2, 0.25) is 5.91 Å². The number of carboxylic acids is 1. The number of nitrogens with zero attached hydrogens (tertiary/aromatic N) is 1. The van der Waals surface area contributed by atoms with Crippen molar-refractivity contribution in [1.82, 2.24) is 4.90 Å². The molecule has 1 saturated heterocycles. The molecule has 2 heterocycles. The van der Waals surface area contributed by atoms with Crippen LogP contribution in [0.5, 0.6) is 0 Å². The second-order valence-electron chi connectivity index (χ2n) is 10.5. The Bertz CT molecular complexity index is 1040. The number of aliphatic hydroxyl groups is 1. The second-order valence-corrected chi connectivity index (χ2v) is 13.3. The summed E-state index contributed by atoms with van der Waals surface area (Å²) < 4.78 is 48.5. The molecule has 43 heavy (non-hydrogen) atoms. The summed E-state index contributed by atoms with van der Waals surface area (Å²) in [4.78, 5) is 59.3. The van der Waals surface area contributed by atoms with E-state index in [0.717, 1.165) is 44.9 Å². The Balaban J connectivity index is 1.51. The number of Topliss-reactive ketones (excluding diaryl/α,β-unsaturated/α-hetero) is 1. The van der Waals surface area contributed by atoms with Crippen LogP contribution in [0.4, 0.5) is 0 Å². The zero-order valence-corrected chi connectivity index (χ0v) is 26.3. The maximum Gasteiger partial charge on any atom is 0.303 e. The first-order valence-electron chi connectivity index (χ1n) is 14.6. The smallest absolute Gasteiger partial charge is 0.303 e. The number of carboxylic acid groups (broad SMARTS) is 1. The van der Waals surface area contributed by atoms with E-state index in [4.69, 9.17) is 27.9 Å². The van der Waals surface area contributed by atoms with E-state index in [0.29, 0.717) is 18.4 Å². The Morgan fingerprint density at radius 3 is 2.00 bits per heavy atom. The number of aliphatic carboxylic acids is 1. The van der Waals surface area contributed by atoms with E-state index in [1.807, 2.05) is 0 Å². The Kier molecular flexibility index (Phi) is 16.7. The molecule has 5 atom stereocenters. The molecule has 1 amide bonds. The highest BCUT2D eigenvalue weighted by molar-refractivity contribution is 7.46. The maximum atomic E-state index is 12.1. The highest BCUT2D eigenvalue weighted by atomic mass is 31.2. The molecule has 2 aliphatic rings. The van der Waals surface area contributed by atoms with Crippen LogP contribution < -0.4 is 9.79 Å². The molecule has 0 aromatic carbocycles. The summed E-state index contributed by atoms with van der Waals surface area (Å²) in [5.74, 6) is -1.57. The number of allylic oxidation sites excluding steroid dienone is 1. The van der Waals surface area contributed by atoms with Gasteiger partial charge in [0.25, 0.3) is 15.6 Å². The summed E-state index contributed by atoms with van der Waals surface area (Å²) in [6.07, 6.45) is 6.02. The van der Waals surface area contributed by atoms with E-state index >= 15 is 0 Å². The number of hydrogen-bond donors (Lipinski definition) is 2. The van der Waals surface area contributed by atoms with Crippen LogP contribution in [0, 0.1) is 0 Å². The van der Waals surface area contributed by atoms with E-state index in [1.165, 1.54) is 11.1 Å². The first-order valence-corrected chi connectivity index (χ1v) is 17.5. The van der Waals surface area contributed by atoms with Gasteiger partial charge in [-0.25, -0.2) is 0 Å². The molecule has 0 bridgehead atoms. The van der Waals surface area contributed by atoms with Crippen LogP contribution in [0.2, 0.25) is 0 Å². The van der Waals surface area contributed by atoms with Gasteiger partial charge in [0, 0.05) is 24.6 Å². The predicted octanol–water partition coefficient (Wildman–Crippen LogP) is 2.55. The summed E-state index contributed by atoms with van der Waals surface area (Å²) in [6, 6.07) is 0. The molecular formula is C26H43NO14P2-2. The molecular weight excluding hydrogens is 612 g/mol. The van der Waals surface area contributed by atoms with Crippen molar-refractivity contribution >= 4 is 33.3 Å². The van der Waals surface area contributed by atoms with Gasteiger partial charge in [0.15, 0.2) is 5.78 Å². The lowest BCUT2D eigenvalue weighted by Gasteiger charge is -2.29. The molecule has 17 heteroatoms. The maximum absolute atomic E-state index is 12.1. The van der Waals surface area contributed by atoms with Crippen molar-refractivity contribution in [2.75, 3.05) is 26.4 Å². The molecule has 0 spiro atoms. The van der Waals surface area contributed by atoms with E-state index in [2.05, 4.69) is 0 Å². The van der Waals surface area contributed by atoms with Gasteiger partial charge in [0.05, 0.1) is 39.0 Å². The molecule has 0 aliphatic carbocycles. The third-order valence-electron chi connectivity index (χ3n) is 6.86. The second kappa shape index (κ2) is 19.1. The fourth-order valence-corrected chi connectivity index (χ4v) is 5.98. The van der Waals surface area contributed by atoms with Crippen LogP contribution in [0.3, 0.4) is 0 Å². The largest absolute Gasteiger partial charge is 0.756 e. The van der Waals surface area contributed by atoms with Gasteiger partial charge in [-0.05, 0) is 26.2 Å². The van der Waals surface area contributed by atoms with E-state index in [1.54, 1.807) is 6.92 Å². The number of rotatable bonds is 23. The third-order valence-corrected chi connectivity index (χ3v) is 8.82. The van der Waals surface area contributed by atoms with E-state index in [-0.39, 0.29) is 44.7 Å². The van der Waals surface area contributed by atoms with Gasteiger partial charge in [-0.15, -0.1) is 0 Å². The summed E-state index contributed by atoms with van der Waals surface area (Å²) in [7, 11) is -9.36. The van der Waals surface area contributed by atoms with E-state index < -0.39 is 59.2 Å². The molecule has 2 N–H and O–H groups in total. The number of ether oxygens (including phenoxy) is 1. The molecule has 15 nitrogen and oxygen atoms in total. The summed E-state index contributed by atoms with van der Waals surface area (Å²) in [5.41, 5.74) is 0.362. The van der Waals surface area contributed by atoms with Gasteiger partial charge in [0.1, 0.15) is 12.3 Å². The van der Waals surface area contributed by atoms with Crippen molar-refractivity contribution < 1.29 is 66.3 Å². The molecule has 2 rings (SSSR count). The van der Waals surface area contributed by atoms with Crippen molar-refractivity contribution in [1.29, 1.82) is 0 Å². The van der Waals surface area contributed by atoms with Gasteiger partial charge < -0.3 is 42.8 Å². The zero-order valence-electron chi connectivity index (χ0n) is 24.5. The van der Waals surface area contributed by atoms with Crippen LogP contribution >= 0.6 is 15.6 Å². The normalized spacial score (nSPS) is 23.7. The number of amides is 1. The zero-order chi connectivity index (χ0) is 31.9. The molecule has 0 saturated carbocycles. The number of phosphoric acid groups is 2. The number of ketones is 1. The summed E-state index contributed by atoms with van der Waals surface area (Å²) in [6.45, 7) is 0.176. The lowest BCUT2D eigenvalue weighted by molar-refractivity contribution is -0.229. The van der Waals surface area contributed by atoms with Crippen molar-refractivity contribution in [2.24, 2.45) is 0 Å². The third kappa shape index (κ3) is 15.4. The fraction of sp³-hybridized carbons (Fsp3) is 0.808. The lowest BCUT2D eigenvalue weighted by Crippen LogP contribution is -2.40. The highest BCUT2D eigenvalue weighted by Gasteiger charge is 2.40. The Morgan fingerprint density at radius 1 is 0.907 bits per heavy atom. The van der Waals surface area contributed by atoms with Gasteiger partial charge in [-0.2, -0.15) is 0 Å². The van der Waals surface area contributed by atoms with Crippen LogP contribution in [-0.4, -0.2) is 77.6 Å². The lowest BCUT2D eigenvalue weighted by atomic mass is 10.1. The van der Waals surface area contributed by atoms with Crippen LogP contribution in [0.15, 0.2) is 11.8 Å². The minimum atomic E-state index is -4.81. The average molecular weight is 656 g/mol. The van der Waals surface area contributed by atoms with Crippen molar-refractivity contribution in [3.8, 4) is 0 Å². The number of carbonyl (C=O) groups excluding carboxylic acids is 2. The van der Waals surface area contributed by atoms with Crippen LogP contribution in [0.1, 0.15) is 90.4 Å². The van der Waals surface area contributed by atoms with Gasteiger partial charge >= 0.3 is 5.97 Å². The first kappa shape index (κ1) is 37.7. The number of hydrogen-bond acceptors (Lipinski definition) is 13. The predicted molar refractivity (Wildman–Crippen MR) is 147 cm³/mol. The topological polar surface area (TPSA) is 221 Å². The van der Waals surface area contributed by atoms with Crippen molar-refractivity contribution in [3.05, 3.63) is 11.8 Å². The summed E-state index contributed by atoms with van der Waals surface area (Å²) in [5, 5.41) is 18.8. The minimum Gasteiger partial charge on any atom is -0.756 e. The molecule has 0 radical (unpaired) electrons. The molecule has 0 aromatic rings. The van der Waals surface area contributed by atoms with Crippen LogP contribution in [-0.2, 0) is 46.3 Å². The number of carbonyl (C=O) groups is 3. The molecule has 0 aromatic heterocycles. The van der Waals surface area contributed by atoms with Crippen molar-refractivity contribution in [3.63, 3.8) is 0 Å². The van der Waals surface area contributed by atoms with Crippen molar-refractivity contribution in [2.45, 2.75) is 109 Å². The average Bonchev–Trinajstić information content (AvgIpc) is 3.29. The fourth-order valence-electron chi connectivity index (χ4n) is 4.44. The number of unbranched alkanes of at least 4 members (excludes halogenated alkanes) is 8. The quantitative estimate of drug-likeness (QED) is 0.0918. The minimum absolute atomic E-state index is 0.00473. The van der Waals surface area contributed by atoms with Gasteiger partial charge in [-0.3, -0.25) is 28.4 Å². The Labute approximate surface area is 251 Å². The molecule has 248 valence electrons. The first-order chi connectivity index (χ1) is 20.3.